The zero-order chi connectivity index (χ0) is 21.4. The molecule has 5 rings (SSSR count). The quantitative estimate of drug-likeness (QED) is 0.377. The highest BCUT2D eigenvalue weighted by Crippen LogP contribution is 2.56. The van der Waals surface area contributed by atoms with Gasteiger partial charge in [-0.2, -0.15) is 0 Å². The fourth-order valence-electron chi connectivity index (χ4n) is 4.66. The SMILES string of the molecule is CCCCCCc1cc2c(cc1OC)Oc1ccccc1C21OC(=O)c2cccnc21. The first kappa shape index (κ1) is 19.6. The number of hydrogen-bond donors (Lipinski definition) is 0. The minimum absolute atomic E-state index is 0.369. The second-order valence-electron chi connectivity index (χ2n) is 8.04. The topological polar surface area (TPSA) is 57.7 Å². The molecule has 0 fully saturated rings. The van der Waals surface area contributed by atoms with E-state index in [1.807, 2.05) is 30.3 Å². The number of rotatable bonds is 6. The molecule has 1 unspecified atom stereocenters. The van der Waals surface area contributed by atoms with E-state index in [0.29, 0.717) is 22.8 Å². The molecule has 1 spiro atoms. The van der Waals surface area contributed by atoms with Crippen LogP contribution in [0.2, 0.25) is 0 Å². The van der Waals surface area contributed by atoms with Crippen molar-refractivity contribution >= 4 is 5.97 Å². The molecule has 1 aromatic heterocycles. The third-order valence-corrected chi connectivity index (χ3v) is 6.15. The summed E-state index contributed by atoms with van der Waals surface area (Å²) in [5, 5.41) is 0. The molecule has 0 amide bonds. The summed E-state index contributed by atoms with van der Waals surface area (Å²) in [5.41, 5.74) is 2.64. The molecule has 31 heavy (non-hydrogen) atoms. The smallest absolute Gasteiger partial charge is 0.341 e. The number of pyridine rings is 1. The van der Waals surface area contributed by atoms with E-state index in [4.69, 9.17) is 14.2 Å². The standard InChI is InChI=1S/C26H25NO4/c1-3-4-5-6-10-17-15-20-23(16-22(17)29-2)30-21-13-8-7-12-19(21)26(20)24-18(25(28)31-26)11-9-14-27-24/h7-9,11-16H,3-6,10H2,1-2H3. The number of carbonyl (C=O) groups is 1. The van der Waals surface area contributed by atoms with Gasteiger partial charge in [-0.1, -0.05) is 44.4 Å². The molecule has 0 saturated heterocycles. The molecular formula is C26H25NO4. The van der Waals surface area contributed by atoms with Crippen LogP contribution in [0.5, 0.6) is 17.2 Å². The van der Waals surface area contributed by atoms with Gasteiger partial charge in [-0.15, -0.1) is 0 Å². The normalized spacial score (nSPS) is 18.1. The number of methoxy groups -OCH3 is 1. The first-order valence-corrected chi connectivity index (χ1v) is 10.9. The Balaban J connectivity index is 1.71. The molecule has 3 heterocycles. The van der Waals surface area contributed by atoms with Crippen LogP contribution in [0.25, 0.3) is 0 Å². The summed E-state index contributed by atoms with van der Waals surface area (Å²) >= 11 is 0. The van der Waals surface area contributed by atoms with E-state index >= 15 is 0 Å². The van der Waals surface area contributed by atoms with Gasteiger partial charge < -0.3 is 14.2 Å². The number of esters is 1. The van der Waals surface area contributed by atoms with Gasteiger partial charge in [0.25, 0.3) is 0 Å². The number of nitrogens with zero attached hydrogens (tertiary/aromatic N) is 1. The van der Waals surface area contributed by atoms with Gasteiger partial charge in [0, 0.05) is 23.4 Å². The highest BCUT2D eigenvalue weighted by atomic mass is 16.6. The van der Waals surface area contributed by atoms with Crippen molar-refractivity contribution in [1.82, 2.24) is 4.98 Å². The summed E-state index contributed by atoms with van der Waals surface area (Å²) < 4.78 is 18.1. The third kappa shape index (κ3) is 2.99. The lowest BCUT2D eigenvalue weighted by Gasteiger charge is -2.36. The van der Waals surface area contributed by atoms with E-state index in [2.05, 4.69) is 18.0 Å². The van der Waals surface area contributed by atoms with Crippen molar-refractivity contribution in [2.24, 2.45) is 0 Å². The minimum Gasteiger partial charge on any atom is -0.496 e. The fourth-order valence-corrected chi connectivity index (χ4v) is 4.66. The van der Waals surface area contributed by atoms with Gasteiger partial charge in [0.1, 0.15) is 22.9 Å². The van der Waals surface area contributed by atoms with E-state index in [-0.39, 0.29) is 5.97 Å². The molecule has 1 atom stereocenters. The Labute approximate surface area is 182 Å². The number of aryl methyl sites for hydroxylation is 1. The summed E-state index contributed by atoms with van der Waals surface area (Å²) in [7, 11) is 1.68. The lowest BCUT2D eigenvalue weighted by Crippen LogP contribution is -2.34. The third-order valence-electron chi connectivity index (χ3n) is 6.15. The van der Waals surface area contributed by atoms with Gasteiger partial charge >= 0.3 is 5.97 Å². The molecule has 2 aliphatic heterocycles. The number of benzene rings is 2. The molecule has 0 bridgehead atoms. The molecule has 3 aromatic rings. The Morgan fingerprint density at radius 3 is 2.71 bits per heavy atom. The Hall–Kier alpha value is -3.34. The van der Waals surface area contributed by atoms with Crippen molar-refractivity contribution < 1.29 is 19.0 Å². The Morgan fingerprint density at radius 2 is 1.87 bits per heavy atom. The first-order chi connectivity index (χ1) is 15.2. The molecule has 2 aliphatic rings. The molecule has 158 valence electrons. The largest absolute Gasteiger partial charge is 0.496 e. The van der Waals surface area contributed by atoms with Crippen molar-refractivity contribution in [3.63, 3.8) is 0 Å². The van der Waals surface area contributed by atoms with Gasteiger partial charge in [-0.05, 0) is 42.7 Å². The van der Waals surface area contributed by atoms with Crippen molar-refractivity contribution in [2.75, 3.05) is 7.11 Å². The lowest BCUT2D eigenvalue weighted by atomic mass is 9.79. The Bertz CT molecular complexity index is 1160. The molecular weight excluding hydrogens is 390 g/mol. The molecule has 5 heteroatoms. The number of aromatic nitrogens is 1. The molecule has 0 N–H and O–H groups in total. The van der Waals surface area contributed by atoms with Gasteiger partial charge in [0.2, 0.25) is 5.60 Å². The number of ether oxygens (including phenoxy) is 3. The van der Waals surface area contributed by atoms with Crippen LogP contribution >= 0.6 is 0 Å². The summed E-state index contributed by atoms with van der Waals surface area (Å²) in [6, 6.07) is 15.2. The molecule has 0 saturated carbocycles. The van der Waals surface area contributed by atoms with E-state index in [9.17, 15) is 4.79 Å². The number of para-hydroxylation sites is 1. The highest BCUT2D eigenvalue weighted by Gasteiger charge is 2.55. The van der Waals surface area contributed by atoms with Crippen LogP contribution in [0.4, 0.5) is 0 Å². The van der Waals surface area contributed by atoms with Crippen LogP contribution in [-0.4, -0.2) is 18.1 Å². The van der Waals surface area contributed by atoms with Crippen LogP contribution in [0.3, 0.4) is 0 Å². The van der Waals surface area contributed by atoms with Gasteiger partial charge in [0.05, 0.1) is 12.7 Å². The number of hydrogen-bond acceptors (Lipinski definition) is 5. The van der Waals surface area contributed by atoms with Gasteiger partial charge in [-0.3, -0.25) is 4.98 Å². The minimum atomic E-state index is -1.12. The molecule has 2 aromatic carbocycles. The maximum atomic E-state index is 12.9. The summed E-state index contributed by atoms with van der Waals surface area (Å²) in [4.78, 5) is 17.5. The van der Waals surface area contributed by atoms with Crippen molar-refractivity contribution in [3.05, 3.63) is 82.7 Å². The van der Waals surface area contributed by atoms with E-state index in [1.54, 1.807) is 25.4 Å². The summed E-state index contributed by atoms with van der Waals surface area (Å²) in [6.45, 7) is 2.21. The molecule has 0 aliphatic carbocycles. The average Bonchev–Trinajstić information content (AvgIpc) is 3.10. The van der Waals surface area contributed by atoms with Crippen LogP contribution in [0.1, 0.15) is 65.3 Å². The molecule has 5 nitrogen and oxygen atoms in total. The maximum absolute atomic E-state index is 12.9. The second kappa shape index (κ2) is 7.73. The first-order valence-electron chi connectivity index (χ1n) is 10.9. The van der Waals surface area contributed by atoms with Crippen molar-refractivity contribution in [2.45, 2.75) is 44.6 Å². The average molecular weight is 415 g/mol. The summed E-state index contributed by atoms with van der Waals surface area (Å²) in [6.07, 6.45) is 7.23. The van der Waals surface area contributed by atoms with E-state index in [0.717, 1.165) is 35.3 Å². The maximum Gasteiger partial charge on any atom is 0.341 e. The van der Waals surface area contributed by atoms with Crippen molar-refractivity contribution in [3.8, 4) is 17.2 Å². The van der Waals surface area contributed by atoms with Crippen LogP contribution in [0.15, 0.2) is 54.7 Å². The Kier molecular flexibility index (Phi) is 4.89. The highest BCUT2D eigenvalue weighted by molar-refractivity contribution is 5.96. The van der Waals surface area contributed by atoms with E-state index in [1.165, 1.54) is 19.3 Å². The summed E-state index contributed by atoms with van der Waals surface area (Å²) in [5.74, 6) is 1.69. The predicted molar refractivity (Wildman–Crippen MR) is 117 cm³/mol. The zero-order valence-electron chi connectivity index (χ0n) is 17.8. The number of fused-ring (bicyclic) bond motifs is 6. The number of carbonyl (C=O) groups excluding carboxylic acids is 1. The Morgan fingerprint density at radius 1 is 1.00 bits per heavy atom. The van der Waals surface area contributed by atoms with Crippen LogP contribution < -0.4 is 9.47 Å². The fraction of sp³-hybridized carbons (Fsp3) is 0.308. The number of unbranched alkanes of at least 4 members (excludes halogenated alkanes) is 3. The second-order valence-corrected chi connectivity index (χ2v) is 8.04. The van der Waals surface area contributed by atoms with Crippen LogP contribution in [-0.2, 0) is 16.8 Å². The lowest BCUT2D eigenvalue weighted by molar-refractivity contribution is 0.0215. The van der Waals surface area contributed by atoms with Crippen LogP contribution in [0, 0.1) is 0 Å². The van der Waals surface area contributed by atoms with Gasteiger partial charge in [-0.25, -0.2) is 4.79 Å². The molecule has 0 radical (unpaired) electrons. The van der Waals surface area contributed by atoms with Crippen molar-refractivity contribution in [1.29, 1.82) is 0 Å². The van der Waals surface area contributed by atoms with Gasteiger partial charge in [0.15, 0.2) is 0 Å². The zero-order valence-corrected chi connectivity index (χ0v) is 17.8. The monoisotopic (exact) mass is 415 g/mol. The van der Waals surface area contributed by atoms with E-state index < -0.39 is 5.60 Å². The predicted octanol–water partition coefficient (Wildman–Crippen LogP) is 5.78.